The predicted octanol–water partition coefficient (Wildman–Crippen LogP) is 3.51. The molecule has 0 saturated carbocycles. The van der Waals surface area contributed by atoms with Gasteiger partial charge in [-0.2, -0.15) is 0 Å². The van der Waals surface area contributed by atoms with Crippen LogP contribution in [0.4, 0.5) is 0 Å². The molecule has 0 unspecified atom stereocenters. The van der Waals surface area contributed by atoms with Crippen LogP contribution in [-0.4, -0.2) is 24.0 Å². The number of para-hydroxylation sites is 1. The number of fused-ring (bicyclic) bond motifs is 1. The lowest BCUT2D eigenvalue weighted by Crippen LogP contribution is -1.98. The van der Waals surface area contributed by atoms with Crippen LogP contribution >= 0.6 is 11.3 Å². The van der Waals surface area contributed by atoms with Gasteiger partial charge >= 0.3 is 0 Å². The van der Waals surface area contributed by atoms with E-state index < -0.39 is 0 Å². The zero-order valence-electron chi connectivity index (χ0n) is 11.7. The molecule has 2 aromatic rings. The van der Waals surface area contributed by atoms with Crippen molar-refractivity contribution in [2.75, 3.05) is 13.2 Å². The van der Waals surface area contributed by atoms with E-state index in [2.05, 4.69) is 4.98 Å². The number of carbonyl (C=O) groups excluding carboxylic acids is 1. The number of ketones is 1. The Morgan fingerprint density at radius 3 is 3.00 bits per heavy atom. The summed E-state index contributed by atoms with van der Waals surface area (Å²) in [4.78, 5) is 16.9. The second-order valence-electron chi connectivity index (χ2n) is 4.69. The average Bonchev–Trinajstić information content (AvgIpc) is 2.77. The van der Waals surface area contributed by atoms with Crippen molar-refractivity contribution in [3.8, 4) is 11.5 Å². The van der Waals surface area contributed by atoms with Crippen LogP contribution in [0, 0.1) is 6.92 Å². The highest BCUT2D eigenvalue weighted by Gasteiger charge is 2.14. The molecule has 5 heteroatoms. The summed E-state index contributed by atoms with van der Waals surface area (Å²) in [6, 6.07) is 5.69. The van der Waals surface area contributed by atoms with Crippen LogP contribution in [0.1, 0.15) is 27.3 Å². The van der Waals surface area contributed by atoms with Gasteiger partial charge in [-0.3, -0.25) is 4.79 Å². The minimum atomic E-state index is -0.0397. The first-order valence-electron chi connectivity index (χ1n) is 6.77. The summed E-state index contributed by atoms with van der Waals surface area (Å²) in [5, 5.41) is 0. The van der Waals surface area contributed by atoms with Crippen LogP contribution < -0.4 is 9.47 Å². The Kier molecular flexibility index (Phi) is 4.01. The molecule has 1 aromatic carbocycles. The quantitative estimate of drug-likeness (QED) is 0.643. The molecular formula is C16H15NO3S. The maximum absolute atomic E-state index is 12.1. The van der Waals surface area contributed by atoms with E-state index in [1.807, 2.05) is 25.1 Å². The highest BCUT2D eigenvalue weighted by molar-refractivity contribution is 7.12. The average molecular weight is 301 g/mol. The Morgan fingerprint density at radius 2 is 2.19 bits per heavy atom. The third-order valence-electron chi connectivity index (χ3n) is 3.19. The minimum absolute atomic E-state index is 0.0397. The van der Waals surface area contributed by atoms with Crippen LogP contribution in [0.25, 0.3) is 6.08 Å². The van der Waals surface area contributed by atoms with Crippen molar-refractivity contribution in [3.63, 3.8) is 0 Å². The van der Waals surface area contributed by atoms with Crippen LogP contribution in [-0.2, 0) is 0 Å². The largest absolute Gasteiger partial charge is 0.490 e. The first-order chi connectivity index (χ1) is 10.3. The normalized spacial score (nSPS) is 14.1. The van der Waals surface area contributed by atoms with E-state index in [0.717, 1.165) is 23.4 Å². The van der Waals surface area contributed by atoms with Crippen molar-refractivity contribution in [2.45, 2.75) is 13.3 Å². The van der Waals surface area contributed by atoms with Crippen molar-refractivity contribution >= 4 is 23.2 Å². The Bertz CT molecular complexity index is 691. The Morgan fingerprint density at radius 1 is 1.33 bits per heavy atom. The van der Waals surface area contributed by atoms with Gasteiger partial charge in [0, 0.05) is 12.0 Å². The number of rotatable bonds is 3. The molecule has 2 heterocycles. The summed E-state index contributed by atoms with van der Waals surface area (Å²) < 4.78 is 11.4. The second-order valence-corrected chi connectivity index (χ2v) is 5.54. The topological polar surface area (TPSA) is 48.4 Å². The van der Waals surface area contributed by atoms with E-state index in [1.165, 1.54) is 11.3 Å². The second kappa shape index (κ2) is 6.10. The molecular weight excluding hydrogens is 286 g/mol. The summed E-state index contributed by atoms with van der Waals surface area (Å²) in [7, 11) is 0. The van der Waals surface area contributed by atoms with E-state index in [4.69, 9.17) is 9.47 Å². The number of ether oxygens (including phenoxy) is 2. The predicted molar refractivity (Wildman–Crippen MR) is 82.3 cm³/mol. The number of benzene rings is 1. The molecule has 1 aliphatic rings. The van der Waals surface area contributed by atoms with Gasteiger partial charge in [0.05, 0.1) is 29.3 Å². The van der Waals surface area contributed by atoms with Gasteiger partial charge in [-0.25, -0.2) is 4.98 Å². The van der Waals surface area contributed by atoms with E-state index in [0.29, 0.717) is 23.8 Å². The fourth-order valence-corrected chi connectivity index (χ4v) is 2.85. The van der Waals surface area contributed by atoms with E-state index >= 15 is 0 Å². The lowest BCUT2D eigenvalue weighted by atomic mass is 10.1. The number of allylic oxidation sites excluding steroid dienone is 1. The number of carbonyl (C=O) groups is 1. The first kappa shape index (κ1) is 13.8. The summed E-state index contributed by atoms with van der Waals surface area (Å²) in [6.07, 6.45) is 4.19. The zero-order valence-corrected chi connectivity index (χ0v) is 12.5. The molecule has 0 amide bonds. The molecule has 0 aliphatic carbocycles. The summed E-state index contributed by atoms with van der Waals surface area (Å²) in [6.45, 7) is 3.11. The van der Waals surface area contributed by atoms with Crippen molar-refractivity contribution in [3.05, 3.63) is 45.9 Å². The van der Waals surface area contributed by atoms with Gasteiger partial charge in [-0.15, -0.1) is 11.3 Å². The van der Waals surface area contributed by atoms with Crippen molar-refractivity contribution in [1.82, 2.24) is 4.98 Å². The first-order valence-corrected chi connectivity index (χ1v) is 7.65. The molecule has 0 atom stereocenters. The van der Waals surface area contributed by atoms with Crippen LogP contribution in [0.15, 0.2) is 29.8 Å². The molecule has 0 bridgehead atoms. The van der Waals surface area contributed by atoms with Gasteiger partial charge in [0.1, 0.15) is 0 Å². The molecule has 108 valence electrons. The molecule has 0 fully saturated rings. The van der Waals surface area contributed by atoms with Gasteiger partial charge in [0.2, 0.25) is 0 Å². The highest BCUT2D eigenvalue weighted by atomic mass is 32.1. The van der Waals surface area contributed by atoms with Crippen molar-refractivity contribution in [1.29, 1.82) is 0 Å². The third kappa shape index (κ3) is 2.97. The fourth-order valence-electron chi connectivity index (χ4n) is 2.13. The maximum atomic E-state index is 12.1. The molecule has 21 heavy (non-hydrogen) atoms. The van der Waals surface area contributed by atoms with Crippen LogP contribution in [0.2, 0.25) is 0 Å². The number of hydrogen-bond acceptors (Lipinski definition) is 5. The fraction of sp³-hybridized carbons (Fsp3) is 0.250. The molecule has 0 radical (unpaired) electrons. The Labute approximate surface area is 127 Å². The SMILES string of the molecule is Cc1ncsc1C(=O)/C=C\c1cccc2c1OCCCO2. The molecule has 0 saturated heterocycles. The van der Waals surface area contributed by atoms with E-state index in [-0.39, 0.29) is 5.78 Å². The van der Waals surface area contributed by atoms with Gasteiger partial charge in [0.15, 0.2) is 17.3 Å². The summed E-state index contributed by atoms with van der Waals surface area (Å²) in [5.41, 5.74) is 3.30. The van der Waals surface area contributed by atoms with Gasteiger partial charge in [0.25, 0.3) is 0 Å². The lowest BCUT2D eigenvalue weighted by Gasteiger charge is -2.09. The highest BCUT2D eigenvalue weighted by Crippen LogP contribution is 2.34. The molecule has 1 aromatic heterocycles. The number of nitrogens with zero attached hydrogens (tertiary/aromatic N) is 1. The summed E-state index contributed by atoms with van der Waals surface area (Å²) >= 11 is 1.36. The van der Waals surface area contributed by atoms with Crippen molar-refractivity contribution in [2.24, 2.45) is 0 Å². The zero-order chi connectivity index (χ0) is 14.7. The number of aromatic nitrogens is 1. The third-order valence-corrected chi connectivity index (χ3v) is 4.13. The van der Waals surface area contributed by atoms with Crippen molar-refractivity contribution < 1.29 is 14.3 Å². The van der Waals surface area contributed by atoms with Gasteiger partial charge < -0.3 is 9.47 Å². The van der Waals surface area contributed by atoms with Crippen LogP contribution in [0.5, 0.6) is 11.5 Å². The maximum Gasteiger partial charge on any atom is 0.197 e. The van der Waals surface area contributed by atoms with E-state index in [9.17, 15) is 4.79 Å². The molecule has 4 nitrogen and oxygen atoms in total. The smallest absolute Gasteiger partial charge is 0.197 e. The van der Waals surface area contributed by atoms with E-state index in [1.54, 1.807) is 17.7 Å². The number of thiazole rings is 1. The molecule has 0 N–H and O–H groups in total. The van der Waals surface area contributed by atoms with Gasteiger partial charge in [-0.1, -0.05) is 12.1 Å². The minimum Gasteiger partial charge on any atom is -0.490 e. The standard InChI is InChI=1S/C16H15NO3S/c1-11-16(21-10-17-11)13(18)7-6-12-4-2-5-14-15(12)20-9-3-8-19-14/h2,4-7,10H,3,8-9H2,1H3/b7-6-. The Balaban J connectivity index is 1.87. The Hall–Kier alpha value is -2.14. The number of hydrogen-bond donors (Lipinski definition) is 0. The summed E-state index contributed by atoms with van der Waals surface area (Å²) in [5.74, 6) is 1.40. The molecule has 0 spiro atoms. The molecule has 1 aliphatic heterocycles. The lowest BCUT2D eigenvalue weighted by molar-refractivity contribution is 0.105. The van der Waals surface area contributed by atoms with Crippen LogP contribution in [0.3, 0.4) is 0 Å². The number of aryl methyl sites for hydroxylation is 1. The monoisotopic (exact) mass is 301 g/mol. The molecule has 3 rings (SSSR count). The van der Waals surface area contributed by atoms with Gasteiger partial charge in [-0.05, 0) is 25.1 Å².